The van der Waals surface area contributed by atoms with Crippen molar-refractivity contribution in [1.29, 1.82) is 0 Å². The fourth-order valence-corrected chi connectivity index (χ4v) is 2.64. The van der Waals surface area contributed by atoms with Crippen molar-refractivity contribution >= 4 is 18.0 Å². The molecular weight excluding hydrogens is 298 g/mol. The summed E-state index contributed by atoms with van der Waals surface area (Å²) in [6.07, 6.45) is -0.277. The molecule has 2 heterocycles. The number of piperazine rings is 1. The van der Waals surface area contributed by atoms with Crippen molar-refractivity contribution in [1.82, 2.24) is 20.4 Å². The van der Waals surface area contributed by atoms with Gasteiger partial charge >= 0.3 is 6.09 Å². The topological polar surface area (TPSA) is 86.3 Å². The van der Waals surface area contributed by atoms with Crippen molar-refractivity contribution in [3.63, 3.8) is 0 Å². The lowest BCUT2D eigenvalue weighted by Crippen LogP contribution is -2.58. The minimum absolute atomic E-state index is 0.0500. The molecule has 0 saturated carbocycles. The highest BCUT2D eigenvalue weighted by atomic mass is 16.6. The van der Waals surface area contributed by atoms with Crippen LogP contribution in [0.1, 0.15) is 27.7 Å². The van der Waals surface area contributed by atoms with Crippen LogP contribution in [0.2, 0.25) is 0 Å². The van der Waals surface area contributed by atoms with Gasteiger partial charge in [0.25, 0.3) is 0 Å². The summed E-state index contributed by atoms with van der Waals surface area (Å²) in [7, 11) is 0. The van der Waals surface area contributed by atoms with E-state index in [2.05, 4.69) is 20.5 Å². The Labute approximate surface area is 137 Å². The molecule has 1 saturated heterocycles. The number of aliphatic imine (C=N–C) groups is 1. The number of carbonyl (C=O) groups excluding carboxylic acids is 2. The first-order valence-corrected chi connectivity index (χ1v) is 8.09. The van der Waals surface area contributed by atoms with Gasteiger partial charge in [-0.3, -0.25) is 9.79 Å². The Bertz CT molecular complexity index is 486. The highest BCUT2D eigenvalue weighted by Gasteiger charge is 2.36. The van der Waals surface area contributed by atoms with Crippen molar-refractivity contribution in [3.8, 4) is 0 Å². The van der Waals surface area contributed by atoms with Gasteiger partial charge < -0.3 is 25.2 Å². The summed E-state index contributed by atoms with van der Waals surface area (Å²) in [6.45, 7) is 10.8. The Morgan fingerprint density at radius 2 is 2.09 bits per heavy atom. The first kappa shape index (κ1) is 17.4. The molecule has 0 spiro atoms. The summed E-state index contributed by atoms with van der Waals surface area (Å²) in [5.74, 6) is 0.691. The summed E-state index contributed by atoms with van der Waals surface area (Å²) >= 11 is 0. The first-order chi connectivity index (χ1) is 10.8. The monoisotopic (exact) mass is 325 g/mol. The molecule has 0 aromatic rings. The number of likely N-dealkylation sites (N-methyl/N-ethyl adjacent to an activating group) is 1. The third kappa shape index (κ3) is 4.74. The van der Waals surface area contributed by atoms with Gasteiger partial charge in [-0.2, -0.15) is 0 Å². The van der Waals surface area contributed by atoms with Crippen LogP contribution in [-0.2, 0) is 9.53 Å². The van der Waals surface area contributed by atoms with Gasteiger partial charge in [0, 0.05) is 26.2 Å². The normalized spacial score (nSPS) is 20.7. The van der Waals surface area contributed by atoms with Gasteiger partial charge in [0.05, 0.1) is 19.1 Å². The third-order valence-corrected chi connectivity index (χ3v) is 3.64. The minimum Gasteiger partial charge on any atom is -0.444 e. The van der Waals surface area contributed by atoms with Gasteiger partial charge in [-0.25, -0.2) is 4.79 Å². The van der Waals surface area contributed by atoms with Crippen molar-refractivity contribution in [2.24, 2.45) is 4.99 Å². The summed E-state index contributed by atoms with van der Waals surface area (Å²) < 4.78 is 5.42. The van der Waals surface area contributed by atoms with E-state index in [1.54, 1.807) is 4.90 Å². The van der Waals surface area contributed by atoms with E-state index < -0.39 is 5.60 Å². The third-order valence-electron chi connectivity index (χ3n) is 3.64. The molecule has 1 unspecified atom stereocenters. The van der Waals surface area contributed by atoms with Gasteiger partial charge in [-0.15, -0.1) is 0 Å². The van der Waals surface area contributed by atoms with E-state index in [0.29, 0.717) is 32.7 Å². The zero-order chi connectivity index (χ0) is 17.0. The molecule has 1 fully saturated rings. The van der Waals surface area contributed by atoms with Crippen LogP contribution >= 0.6 is 0 Å². The fraction of sp³-hybridized carbons (Fsp3) is 0.800. The number of ether oxygens (including phenoxy) is 1. The number of rotatable bonds is 3. The van der Waals surface area contributed by atoms with Crippen molar-refractivity contribution < 1.29 is 14.3 Å². The van der Waals surface area contributed by atoms with Crippen LogP contribution in [0.5, 0.6) is 0 Å². The Balaban J connectivity index is 1.83. The van der Waals surface area contributed by atoms with Crippen molar-refractivity contribution in [2.75, 3.05) is 39.3 Å². The maximum atomic E-state index is 12.1. The van der Waals surface area contributed by atoms with Crippen molar-refractivity contribution in [3.05, 3.63) is 0 Å². The van der Waals surface area contributed by atoms with E-state index >= 15 is 0 Å². The van der Waals surface area contributed by atoms with Gasteiger partial charge in [0.1, 0.15) is 5.60 Å². The predicted octanol–water partition coefficient (Wildman–Crippen LogP) is 0.00300. The summed E-state index contributed by atoms with van der Waals surface area (Å²) in [5.41, 5.74) is -0.486. The molecule has 130 valence electrons. The smallest absolute Gasteiger partial charge is 0.410 e. The quantitative estimate of drug-likeness (QED) is 0.763. The molecule has 1 atom stereocenters. The highest BCUT2D eigenvalue weighted by molar-refractivity contribution is 5.87. The number of nitrogens with one attached hydrogen (secondary N) is 2. The molecule has 0 radical (unpaired) electrons. The van der Waals surface area contributed by atoms with Crippen LogP contribution in [0.4, 0.5) is 4.79 Å². The predicted molar refractivity (Wildman–Crippen MR) is 87.3 cm³/mol. The Hall–Kier alpha value is -1.99. The number of amides is 2. The lowest BCUT2D eigenvalue weighted by atomic mass is 10.2. The standard InChI is InChI=1S/C15H27N5O3/c1-5-16-12(21)9-18-13-17-8-11-10-19(6-7-20(11)13)14(22)23-15(2,3)4/h11H,5-10H2,1-4H3,(H,16,21)(H,17,18). The second kappa shape index (κ2) is 7.06. The van der Waals surface area contributed by atoms with Crippen LogP contribution in [0.25, 0.3) is 0 Å². The van der Waals surface area contributed by atoms with Gasteiger partial charge in [-0.05, 0) is 27.7 Å². The average Bonchev–Trinajstić information content (AvgIpc) is 2.86. The van der Waals surface area contributed by atoms with Gasteiger partial charge in [0.2, 0.25) is 5.91 Å². The van der Waals surface area contributed by atoms with Gasteiger partial charge in [0.15, 0.2) is 5.96 Å². The zero-order valence-corrected chi connectivity index (χ0v) is 14.4. The largest absolute Gasteiger partial charge is 0.444 e. The molecule has 23 heavy (non-hydrogen) atoms. The summed E-state index contributed by atoms with van der Waals surface area (Å²) in [6, 6.07) is 0.146. The molecule has 0 aliphatic carbocycles. The van der Waals surface area contributed by atoms with E-state index in [0.717, 1.165) is 5.96 Å². The summed E-state index contributed by atoms with van der Waals surface area (Å²) in [5, 5.41) is 5.82. The molecule has 0 aromatic carbocycles. The maximum absolute atomic E-state index is 12.1. The Morgan fingerprint density at radius 3 is 2.74 bits per heavy atom. The number of carbonyl (C=O) groups is 2. The second-order valence-electron chi connectivity index (χ2n) is 6.74. The van der Waals surface area contributed by atoms with Crippen LogP contribution in [-0.4, -0.2) is 78.7 Å². The van der Waals surface area contributed by atoms with Crippen LogP contribution < -0.4 is 10.6 Å². The second-order valence-corrected chi connectivity index (χ2v) is 6.74. The lowest BCUT2D eigenvalue weighted by Gasteiger charge is -2.39. The molecular formula is C15H27N5O3. The van der Waals surface area contributed by atoms with E-state index in [-0.39, 0.29) is 24.6 Å². The van der Waals surface area contributed by atoms with E-state index in [9.17, 15) is 9.59 Å². The zero-order valence-electron chi connectivity index (χ0n) is 14.4. The summed E-state index contributed by atoms with van der Waals surface area (Å²) in [4.78, 5) is 32.0. The van der Waals surface area contributed by atoms with Crippen LogP contribution in [0, 0.1) is 0 Å². The van der Waals surface area contributed by atoms with E-state index in [1.165, 1.54) is 0 Å². The lowest BCUT2D eigenvalue weighted by molar-refractivity contribution is -0.119. The highest BCUT2D eigenvalue weighted by Crippen LogP contribution is 2.18. The van der Waals surface area contributed by atoms with Crippen LogP contribution in [0.3, 0.4) is 0 Å². The molecule has 2 rings (SSSR count). The molecule has 8 nitrogen and oxygen atoms in total. The minimum atomic E-state index is -0.486. The number of guanidine groups is 1. The van der Waals surface area contributed by atoms with Crippen LogP contribution in [0.15, 0.2) is 4.99 Å². The molecule has 2 aliphatic heterocycles. The molecule has 2 N–H and O–H groups in total. The first-order valence-electron chi connectivity index (χ1n) is 8.09. The Morgan fingerprint density at radius 1 is 1.35 bits per heavy atom. The Kier molecular flexibility index (Phi) is 5.33. The van der Waals surface area contributed by atoms with Gasteiger partial charge in [-0.1, -0.05) is 0 Å². The molecule has 8 heteroatoms. The number of fused-ring (bicyclic) bond motifs is 1. The SMILES string of the molecule is CCNC(=O)CNC1=NCC2CN(C(=O)OC(C)(C)C)CCN12. The number of nitrogens with zero attached hydrogens (tertiary/aromatic N) is 3. The molecule has 2 aliphatic rings. The fourth-order valence-electron chi connectivity index (χ4n) is 2.64. The maximum Gasteiger partial charge on any atom is 0.410 e. The van der Waals surface area contributed by atoms with E-state index in [4.69, 9.17) is 4.74 Å². The molecule has 2 amide bonds. The average molecular weight is 325 g/mol. The molecule has 0 bridgehead atoms. The molecule has 0 aromatic heterocycles. The van der Waals surface area contributed by atoms with E-state index in [1.807, 2.05) is 27.7 Å². The number of hydrogen-bond donors (Lipinski definition) is 2. The van der Waals surface area contributed by atoms with Crippen molar-refractivity contribution in [2.45, 2.75) is 39.3 Å². The number of hydrogen-bond acceptors (Lipinski definition) is 6.